The van der Waals surface area contributed by atoms with E-state index in [2.05, 4.69) is 60.2 Å². The fourth-order valence-corrected chi connectivity index (χ4v) is 2.71. The molecular formula is C15H24BrNO. The van der Waals surface area contributed by atoms with Crippen LogP contribution in [0.5, 0.6) is 0 Å². The highest BCUT2D eigenvalue weighted by Crippen LogP contribution is 2.27. The van der Waals surface area contributed by atoms with Crippen molar-refractivity contribution in [1.82, 2.24) is 5.32 Å². The predicted molar refractivity (Wildman–Crippen MR) is 80.7 cm³/mol. The third kappa shape index (κ3) is 3.81. The van der Waals surface area contributed by atoms with E-state index in [1.54, 1.807) is 0 Å². The summed E-state index contributed by atoms with van der Waals surface area (Å²) in [4.78, 5) is 0. The average molecular weight is 314 g/mol. The van der Waals surface area contributed by atoms with Crippen molar-refractivity contribution in [2.24, 2.45) is 5.41 Å². The van der Waals surface area contributed by atoms with Crippen molar-refractivity contribution in [3.8, 4) is 0 Å². The van der Waals surface area contributed by atoms with Crippen LogP contribution < -0.4 is 5.32 Å². The minimum Gasteiger partial charge on any atom is -0.396 e. The molecule has 1 aromatic carbocycles. The molecule has 0 radical (unpaired) electrons. The van der Waals surface area contributed by atoms with Gasteiger partial charge in [0, 0.05) is 29.1 Å². The van der Waals surface area contributed by atoms with Crippen molar-refractivity contribution in [1.29, 1.82) is 0 Å². The maximum Gasteiger partial charge on any atom is 0.0499 e. The molecule has 0 amide bonds. The maximum atomic E-state index is 9.57. The molecule has 3 heteroatoms. The fourth-order valence-electron chi connectivity index (χ4n) is 2.09. The third-order valence-electron chi connectivity index (χ3n) is 3.99. The summed E-state index contributed by atoms with van der Waals surface area (Å²) in [5, 5.41) is 13.1. The Kier molecular flexibility index (Phi) is 6.33. The van der Waals surface area contributed by atoms with Crippen LogP contribution in [0.1, 0.15) is 45.2 Å². The summed E-state index contributed by atoms with van der Waals surface area (Å²) < 4.78 is 1.13. The van der Waals surface area contributed by atoms with E-state index >= 15 is 0 Å². The summed E-state index contributed by atoms with van der Waals surface area (Å²) >= 11 is 3.58. The average Bonchev–Trinajstić information content (AvgIpc) is 2.41. The van der Waals surface area contributed by atoms with Gasteiger partial charge in [-0.25, -0.2) is 0 Å². The van der Waals surface area contributed by atoms with Crippen LogP contribution in [0, 0.1) is 5.41 Å². The molecule has 0 bridgehead atoms. The van der Waals surface area contributed by atoms with Gasteiger partial charge in [0.1, 0.15) is 0 Å². The van der Waals surface area contributed by atoms with Crippen LogP contribution in [0.15, 0.2) is 28.7 Å². The first-order valence-corrected chi connectivity index (χ1v) is 7.46. The Hall–Kier alpha value is -0.380. The lowest BCUT2D eigenvalue weighted by Gasteiger charge is -2.31. The Morgan fingerprint density at radius 1 is 1.28 bits per heavy atom. The Morgan fingerprint density at radius 2 is 1.89 bits per heavy atom. The molecular weight excluding hydrogens is 290 g/mol. The van der Waals surface area contributed by atoms with Gasteiger partial charge in [0.25, 0.3) is 0 Å². The Bertz CT molecular complexity index is 355. The highest BCUT2D eigenvalue weighted by molar-refractivity contribution is 9.10. The van der Waals surface area contributed by atoms with E-state index in [0.29, 0.717) is 0 Å². The van der Waals surface area contributed by atoms with E-state index in [9.17, 15) is 5.11 Å². The predicted octanol–water partition coefficient (Wildman–Crippen LogP) is 3.90. The minimum absolute atomic E-state index is 0.00944. The lowest BCUT2D eigenvalue weighted by Crippen LogP contribution is -2.37. The van der Waals surface area contributed by atoms with Gasteiger partial charge in [-0.1, -0.05) is 48.0 Å². The first kappa shape index (κ1) is 15.7. The molecule has 0 aliphatic rings. The quantitative estimate of drug-likeness (QED) is 0.800. The highest BCUT2D eigenvalue weighted by Gasteiger charge is 2.25. The number of hydrogen-bond acceptors (Lipinski definition) is 2. The zero-order valence-corrected chi connectivity index (χ0v) is 13.1. The van der Waals surface area contributed by atoms with Crippen molar-refractivity contribution < 1.29 is 5.11 Å². The van der Waals surface area contributed by atoms with E-state index in [1.807, 2.05) is 6.07 Å². The first-order chi connectivity index (χ1) is 8.58. The SMILES string of the molecule is CCC(CC)(CO)CNC(C)c1ccccc1Br. The molecule has 0 aliphatic carbocycles. The first-order valence-electron chi connectivity index (χ1n) is 6.67. The molecule has 1 rings (SSSR count). The number of benzene rings is 1. The van der Waals surface area contributed by atoms with Crippen LogP contribution in [0.2, 0.25) is 0 Å². The molecule has 0 saturated carbocycles. The van der Waals surface area contributed by atoms with E-state index in [4.69, 9.17) is 0 Å². The topological polar surface area (TPSA) is 32.3 Å². The Balaban J connectivity index is 2.66. The van der Waals surface area contributed by atoms with Gasteiger partial charge < -0.3 is 10.4 Å². The van der Waals surface area contributed by atoms with E-state index in [1.165, 1.54) is 5.56 Å². The standard InChI is InChI=1S/C15H24BrNO/c1-4-15(5-2,11-18)10-17-12(3)13-8-6-7-9-14(13)16/h6-9,12,17-18H,4-5,10-11H2,1-3H3. The largest absolute Gasteiger partial charge is 0.396 e. The molecule has 0 saturated heterocycles. The van der Waals surface area contributed by atoms with Crippen LogP contribution in [0.4, 0.5) is 0 Å². The van der Waals surface area contributed by atoms with Crippen LogP contribution in [0.3, 0.4) is 0 Å². The molecule has 0 fully saturated rings. The molecule has 1 aromatic rings. The van der Waals surface area contributed by atoms with Gasteiger partial charge in [-0.05, 0) is 31.4 Å². The second-order valence-corrected chi connectivity index (χ2v) is 5.84. The lowest BCUT2D eigenvalue weighted by molar-refractivity contribution is 0.110. The summed E-state index contributed by atoms with van der Waals surface area (Å²) in [6.45, 7) is 7.54. The number of halogens is 1. The van der Waals surface area contributed by atoms with Crippen molar-refractivity contribution in [3.05, 3.63) is 34.3 Å². The Labute approximate surface area is 119 Å². The van der Waals surface area contributed by atoms with Crippen LogP contribution in [-0.4, -0.2) is 18.3 Å². The molecule has 0 aromatic heterocycles. The number of aliphatic hydroxyl groups is 1. The van der Waals surface area contributed by atoms with Crippen LogP contribution in [-0.2, 0) is 0 Å². The molecule has 1 unspecified atom stereocenters. The molecule has 0 spiro atoms. The van der Waals surface area contributed by atoms with E-state index < -0.39 is 0 Å². The smallest absolute Gasteiger partial charge is 0.0499 e. The second kappa shape index (κ2) is 7.27. The summed E-state index contributed by atoms with van der Waals surface area (Å²) in [5.74, 6) is 0. The molecule has 0 heterocycles. The van der Waals surface area contributed by atoms with Gasteiger partial charge in [0.2, 0.25) is 0 Å². The zero-order chi connectivity index (χ0) is 13.6. The molecule has 2 N–H and O–H groups in total. The number of hydrogen-bond donors (Lipinski definition) is 2. The normalized spacial score (nSPS) is 13.6. The summed E-state index contributed by atoms with van der Waals surface area (Å²) in [6, 6.07) is 8.55. The van der Waals surface area contributed by atoms with Crippen molar-refractivity contribution in [2.75, 3.05) is 13.2 Å². The summed E-state index contributed by atoms with van der Waals surface area (Å²) in [7, 11) is 0. The van der Waals surface area contributed by atoms with Crippen molar-refractivity contribution in [2.45, 2.75) is 39.7 Å². The zero-order valence-electron chi connectivity index (χ0n) is 11.5. The molecule has 0 aliphatic heterocycles. The van der Waals surface area contributed by atoms with E-state index in [0.717, 1.165) is 23.9 Å². The number of aliphatic hydroxyl groups excluding tert-OH is 1. The van der Waals surface area contributed by atoms with Crippen LogP contribution in [0.25, 0.3) is 0 Å². The van der Waals surface area contributed by atoms with Gasteiger partial charge in [-0.3, -0.25) is 0 Å². The van der Waals surface area contributed by atoms with Crippen molar-refractivity contribution >= 4 is 15.9 Å². The van der Waals surface area contributed by atoms with E-state index in [-0.39, 0.29) is 18.1 Å². The van der Waals surface area contributed by atoms with Crippen molar-refractivity contribution in [3.63, 3.8) is 0 Å². The third-order valence-corrected chi connectivity index (χ3v) is 4.71. The minimum atomic E-state index is 0.00944. The maximum absolute atomic E-state index is 9.57. The molecule has 1 atom stereocenters. The molecule has 18 heavy (non-hydrogen) atoms. The highest BCUT2D eigenvalue weighted by atomic mass is 79.9. The number of nitrogens with one attached hydrogen (secondary N) is 1. The fraction of sp³-hybridized carbons (Fsp3) is 0.600. The van der Waals surface area contributed by atoms with Crippen LogP contribution >= 0.6 is 15.9 Å². The molecule has 102 valence electrons. The molecule has 2 nitrogen and oxygen atoms in total. The number of rotatable bonds is 7. The van der Waals surface area contributed by atoms with Gasteiger partial charge >= 0.3 is 0 Å². The van der Waals surface area contributed by atoms with Gasteiger partial charge in [-0.2, -0.15) is 0 Å². The summed E-state index contributed by atoms with van der Waals surface area (Å²) in [6.07, 6.45) is 1.99. The second-order valence-electron chi connectivity index (χ2n) is 4.99. The van der Waals surface area contributed by atoms with Gasteiger partial charge in [0.15, 0.2) is 0 Å². The van der Waals surface area contributed by atoms with Gasteiger partial charge in [-0.15, -0.1) is 0 Å². The lowest BCUT2D eigenvalue weighted by atomic mass is 9.83. The Morgan fingerprint density at radius 3 is 2.39 bits per heavy atom. The summed E-state index contributed by atoms with van der Waals surface area (Å²) in [5.41, 5.74) is 1.27. The monoisotopic (exact) mass is 313 g/mol. The van der Waals surface area contributed by atoms with Gasteiger partial charge in [0.05, 0.1) is 0 Å².